The molecular formula is C16H18ClNO. The van der Waals surface area contributed by atoms with Gasteiger partial charge in [-0.25, -0.2) is 0 Å². The van der Waals surface area contributed by atoms with Crippen LogP contribution in [-0.2, 0) is 0 Å². The van der Waals surface area contributed by atoms with Crippen LogP contribution < -0.4 is 5.32 Å². The van der Waals surface area contributed by atoms with E-state index in [-0.39, 0.29) is 6.04 Å². The van der Waals surface area contributed by atoms with E-state index >= 15 is 0 Å². The lowest BCUT2D eigenvalue weighted by Crippen LogP contribution is -2.22. The molecule has 1 saturated carbocycles. The number of nitrogens with one attached hydrogen (secondary N) is 1. The van der Waals surface area contributed by atoms with Gasteiger partial charge in [0.2, 0.25) is 0 Å². The Kier molecular flexibility index (Phi) is 3.63. The average molecular weight is 276 g/mol. The third kappa shape index (κ3) is 2.70. The number of rotatable bonds is 5. The molecule has 3 heteroatoms. The number of benzene rings is 1. The minimum atomic E-state index is 0.266. The van der Waals surface area contributed by atoms with Gasteiger partial charge >= 0.3 is 0 Å². The highest BCUT2D eigenvalue weighted by molar-refractivity contribution is 6.28. The molecule has 3 rings (SSSR count). The van der Waals surface area contributed by atoms with Crippen LogP contribution in [-0.4, -0.2) is 6.54 Å². The van der Waals surface area contributed by atoms with Crippen LogP contribution in [0.25, 0.3) is 0 Å². The van der Waals surface area contributed by atoms with E-state index in [2.05, 4.69) is 42.6 Å². The summed E-state index contributed by atoms with van der Waals surface area (Å²) in [4.78, 5) is 0. The molecule has 1 aromatic carbocycles. The third-order valence-electron chi connectivity index (χ3n) is 3.82. The highest BCUT2D eigenvalue weighted by Crippen LogP contribution is 2.54. The summed E-state index contributed by atoms with van der Waals surface area (Å²) in [6.07, 6.45) is 1.21. The molecule has 0 amide bonds. The van der Waals surface area contributed by atoms with Crippen LogP contribution in [0.1, 0.15) is 36.6 Å². The summed E-state index contributed by atoms with van der Waals surface area (Å²) in [5.74, 6) is 2.19. The maximum atomic E-state index is 5.89. The van der Waals surface area contributed by atoms with Gasteiger partial charge in [0.05, 0.1) is 6.04 Å². The average Bonchev–Trinajstić information content (AvgIpc) is 3.12. The molecule has 0 aliphatic heterocycles. The Balaban J connectivity index is 1.76. The predicted octanol–water partition coefficient (Wildman–Crippen LogP) is 4.39. The first kappa shape index (κ1) is 12.8. The molecular weight excluding hydrogens is 258 g/mol. The van der Waals surface area contributed by atoms with E-state index in [0.717, 1.165) is 12.3 Å². The zero-order valence-electron chi connectivity index (χ0n) is 11.0. The molecule has 1 fully saturated rings. The smallest absolute Gasteiger partial charge is 0.193 e. The van der Waals surface area contributed by atoms with Crippen molar-refractivity contribution in [2.45, 2.75) is 25.3 Å². The number of hydrogen-bond donors (Lipinski definition) is 1. The molecule has 19 heavy (non-hydrogen) atoms. The fourth-order valence-electron chi connectivity index (χ4n) is 2.84. The highest BCUT2D eigenvalue weighted by Gasteiger charge is 2.45. The zero-order chi connectivity index (χ0) is 13.2. The second kappa shape index (κ2) is 5.40. The third-order valence-corrected chi connectivity index (χ3v) is 4.02. The van der Waals surface area contributed by atoms with Crippen molar-refractivity contribution in [2.75, 3.05) is 6.54 Å². The van der Waals surface area contributed by atoms with Crippen LogP contribution in [0.5, 0.6) is 0 Å². The van der Waals surface area contributed by atoms with Gasteiger partial charge in [0.15, 0.2) is 5.22 Å². The molecule has 1 aliphatic rings. The summed E-state index contributed by atoms with van der Waals surface area (Å²) in [7, 11) is 0. The summed E-state index contributed by atoms with van der Waals surface area (Å²) < 4.78 is 5.59. The maximum Gasteiger partial charge on any atom is 0.193 e. The lowest BCUT2D eigenvalue weighted by Gasteiger charge is -2.15. The van der Waals surface area contributed by atoms with E-state index in [1.54, 1.807) is 0 Å². The monoisotopic (exact) mass is 275 g/mol. The van der Waals surface area contributed by atoms with Crippen molar-refractivity contribution < 1.29 is 4.42 Å². The van der Waals surface area contributed by atoms with Crippen molar-refractivity contribution >= 4 is 11.6 Å². The number of hydrogen-bond acceptors (Lipinski definition) is 2. The van der Waals surface area contributed by atoms with Gasteiger partial charge in [-0.1, -0.05) is 37.3 Å². The Hall–Kier alpha value is -1.25. The first-order valence-corrected chi connectivity index (χ1v) is 7.21. The van der Waals surface area contributed by atoms with Gasteiger partial charge in [-0.05, 0) is 54.1 Å². The molecule has 1 aromatic heterocycles. The van der Waals surface area contributed by atoms with E-state index in [9.17, 15) is 0 Å². The molecule has 1 N–H and O–H groups in total. The molecule has 2 aromatic rings. The number of furan rings is 1. The maximum absolute atomic E-state index is 5.89. The minimum Gasteiger partial charge on any atom is -0.448 e. The summed E-state index contributed by atoms with van der Waals surface area (Å²) in [5.41, 5.74) is 1.42. The normalized spacial score (nSPS) is 23.3. The molecule has 2 nitrogen and oxygen atoms in total. The highest BCUT2D eigenvalue weighted by atomic mass is 35.5. The fraction of sp³-hybridized carbons (Fsp3) is 0.375. The molecule has 0 radical (unpaired) electrons. The predicted molar refractivity (Wildman–Crippen MR) is 77.4 cm³/mol. The Morgan fingerprint density at radius 1 is 1.26 bits per heavy atom. The quantitative estimate of drug-likeness (QED) is 0.876. The van der Waals surface area contributed by atoms with Crippen LogP contribution in [0.3, 0.4) is 0 Å². The Bertz CT molecular complexity index is 537. The van der Waals surface area contributed by atoms with Crippen LogP contribution in [0.4, 0.5) is 0 Å². The van der Waals surface area contributed by atoms with Gasteiger partial charge in [0, 0.05) is 0 Å². The van der Waals surface area contributed by atoms with E-state index in [1.165, 1.54) is 12.0 Å². The second-order valence-electron chi connectivity index (χ2n) is 5.09. The largest absolute Gasteiger partial charge is 0.448 e. The molecule has 0 saturated heterocycles. The van der Waals surface area contributed by atoms with Crippen molar-refractivity contribution in [1.82, 2.24) is 5.32 Å². The number of halogens is 1. The molecule has 0 bridgehead atoms. The summed E-state index contributed by atoms with van der Waals surface area (Å²) >= 11 is 5.89. The van der Waals surface area contributed by atoms with Gasteiger partial charge in [-0.3, -0.25) is 0 Å². The van der Waals surface area contributed by atoms with E-state index in [1.807, 2.05) is 12.1 Å². The van der Waals surface area contributed by atoms with E-state index in [4.69, 9.17) is 16.0 Å². The molecule has 3 atom stereocenters. The molecule has 1 aliphatic carbocycles. The van der Waals surface area contributed by atoms with Crippen molar-refractivity contribution in [1.29, 1.82) is 0 Å². The summed E-state index contributed by atoms with van der Waals surface area (Å²) in [6, 6.07) is 14.8. The first-order valence-electron chi connectivity index (χ1n) is 6.83. The minimum absolute atomic E-state index is 0.266. The Labute approximate surface area is 118 Å². The van der Waals surface area contributed by atoms with Crippen LogP contribution >= 0.6 is 11.6 Å². The lowest BCUT2D eigenvalue weighted by atomic mass is 10.0. The standard InChI is InChI=1S/C16H18ClNO/c1-2-18-16(14-8-9-15(17)19-14)13-10-12(13)11-6-4-3-5-7-11/h3-9,12-13,16,18H,2,10H2,1H3. The van der Waals surface area contributed by atoms with Crippen molar-refractivity contribution in [2.24, 2.45) is 5.92 Å². The van der Waals surface area contributed by atoms with Gasteiger partial charge in [-0.2, -0.15) is 0 Å². The first-order chi connectivity index (χ1) is 9.29. The van der Waals surface area contributed by atoms with Crippen LogP contribution in [0.15, 0.2) is 46.9 Å². The Morgan fingerprint density at radius 3 is 2.68 bits per heavy atom. The Morgan fingerprint density at radius 2 is 2.05 bits per heavy atom. The van der Waals surface area contributed by atoms with Crippen molar-refractivity contribution in [3.63, 3.8) is 0 Å². The van der Waals surface area contributed by atoms with E-state index < -0.39 is 0 Å². The topological polar surface area (TPSA) is 25.2 Å². The zero-order valence-corrected chi connectivity index (χ0v) is 11.7. The van der Waals surface area contributed by atoms with Crippen LogP contribution in [0, 0.1) is 5.92 Å². The summed E-state index contributed by atoms with van der Waals surface area (Å²) in [5, 5.41) is 3.99. The SMILES string of the molecule is CCNC(c1ccc(Cl)o1)C1CC1c1ccccc1. The lowest BCUT2D eigenvalue weighted by molar-refractivity contribution is 0.385. The summed E-state index contributed by atoms with van der Waals surface area (Å²) in [6.45, 7) is 3.05. The molecule has 3 unspecified atom stereocenters. The van der Waals surface area contributed by atoms with Crippen LogP contribution in [0.2, 0.25) is 5.22 Å². The van der Waals surface area contributed by atoms with Gasteiger partial charge < -0.3 is 9.73 Å². The molecule has 100 valence electrons. The molecule has 1 heterocycles. The van der Waals surface area contributed by atoms with E-state index in [0.29, 0.717) is 17.1 Å². The fourth-order valence-corrected chi connectivity index (χ4v) is 3.00. The van der Waals surface area contributed by atoms with Crippen molar-refractivity contribution in [3.05, 3.63) is 59.0 Å². The van der Waals surface area contributed by atoms with Crippen molar-refractivity contribution in [3.8, 4) is 0 Å². The molecule has 0 spiro atoms. The second-order valence-corrected chi connectivity index (χ2v) is 5.47. The van der Waals surface area contributed by atoms with Gasteiger partial charge in [-0.15, -0.1) is 0 Å². The van der Waals surface area contributed by atoms with Gasteiger partial charge in [0.1, 0.15) is 5.76 Å². The van der Waals surface area contributed by atoms with Gasteiger partial charge in [0.25, 0.3) is 0 Å².